The molecule has 0 aliphatic heterocycles. The summed E-state index contributed by atoms with van der Waals surface area (Å²) in [6.45, 7) is 18.9. The second-order valence-corrected chi connectivity index (χ2v) is 16.6. The topological polar surface area (TPSA) is 18.5 Å². The lowest BCUT2D eigenvalue weighted by atomic mass is 9.58. The maximum absolute atomic E-state index is 7.92. The third-order valence-corrected chi connectivity index (χ3v) is 12.8. The number of hydrogen-bond acceptors (Lipinski definition) is 2. The Morgan fingerprint density at radius 1 is 0.308 bits per heavy atom. The highest BCUT2D eigenvalue weighted by atomic mass is 17.2. The minimum Gasteiger partial charge on any atom is -0.224 e. The summed E-state index contributed by atoms with van der Waals surface area (Å²) in [5.41, 5.74) is 1.61. The van der Waals surface area contributed by atoms with E-state index in [-0.39, 0.29) is 10.8 Å². The number of unbranched alkanes of at least 4 members (excludes halogenated alkanes) is 10. The van der Waals surface area contributed by atoms with Gasteiger partial charge in [0.2, 0.25) is 0 Å². The molecule has 2 atom stereocenters. The average molecular weight is 719 g/mol. The molecule has 0 radical (unpaired) electrons. The number of rotatable bonds is 33. The summed E-state index contributed by atoms with van der Waals surface area (Å²) in [6, 6.07) is 23.0. The molecule has 0 amide bonds. The molecule has 0 saturated heterocycles. The average Bonchev–Trinajstić information content (AvgIpc) is 3.19. The molecular weight excluding hydrogens is 633 g/mol. The standard InChI is InChI=1S/C50H86O2/c1-9-17-31-43-49(45-33-27-25-28-34-45,47(37-19-11-3,38-20-12-4)39-21-13-5)51-52-50(44-32-18-10-2,46-35-29-26-30-36-46)48(40-22-14-6,41-23-15-7)42-24-16-8/h25-30,33-36H,9-24,31-32,37-44H2,1-8H3. The van der Waals surface area contributed by atoms with Gasteiger partial charge in [-0.15, -0.1) is 0 Å². The Kier molecular flexibility index (Phi) is 23.4. The highest BCUT2D eigenvalue weighted by Gasteiger charge is 2.58. The molecule has 0 N–H and O–H groups in total. The third-order valence-electron chi connectivity index (χ3n) is 12.8. The normalized spacial score (nSPS) is 14.7. The number of hydrogen-bond donors (Lipinski definition) is 0. The lowest BCUT2D eigenvalue weighted by Gasteiger charge is -2.55. The van der Waals surface area contributed by atoms with E-state index in [1.807, 2.05) is 0 Å². The van der Waals surface area contributed by atoms with Gasteiger partial charge in [0.1, 0.15) is 11.2 Å². The zero-order valence-electron chi connectivity index (χ0n) is 36.0. The molecule has 0 spiro atoms. The Balaban J connectivity index is 3.11. The monoisotopic (exact) mass is 719 g/mol. The molecule has 2 nitrogen and oxygen atoms in total. The summed E-state index contributed by atoms with van der Waals surface area (Å²) in [5.74, 6) is 0. The summed E-state index contributed by atoms with van der Waals surface area (Å²) in [6.07, 6.45) is 30.9. The van der Waals surface area contributed by atoms with Gasteiger partial charge in [-0.3, -0.25) is 0 Å². The van der Waals surface area contributed by atoms with Gasteiger partial charge in [-0.25, -0.2) is 9.78 Å². The van der Waals surface area contributed by atoms with Crippen LogP contribution in [-0.4, -0.2) is 0 Å². The lowest BCUT2D eigenvalue weighted by Crippen LogP contribution is -2.53. The first-order valence-corrected chi connectivity index (χ1v) is 22.9. The van der Waals surface area contributed by atoms with Gasteiger partial charge >= 0.3 is 0 Å². The molecular formula is C50H86O2. The quantitative estimate of drug-likeness (QED) is 0.0415. The smallest absolute Gasteiger partial charge is 0.134 e. The zero-order valence-corrected chi connectivity index (χ0v) is 36.0. The van der Waals surface area contributed by atoms with Crippen LogP contribution in [0.5, 0.6) is 0 Å². The molecule has 0 bridgehead atoms. The Hall–Kier alpha value is -1.64. The Bertz CT molecular complexity index is 979. The van der Waals surface area contributed by atoms with E-state index in [1.54, 1.807) is 0 Å². The van der Waals surface area contributed by atoms with Crippen molar-refractivity contribution in [3.63, 3.8) is 0 Å². The number of benzene rings is 2. The van der Waals surface area contributed by atoms with Crippen molar-refractivity contribution in [1.82, 2.24) is 0 Å². The highest BCUT2D eigenvalue weighted by Crippen LogP contribution is 2.60. The largest absolute Gasteiger partial charge is 0.224 e. The summed E-state index contributed by atoms with van der Waals surface area (Å²) in [5, 5.41) is 0. The third kappa shape index (κ3) is 12.4. The Morgan fingerprint density at radius 2 is 0.558 bits per heavy atom. The summed E-state index contributed by atoms with van der Waals surface area (Å²) in [4.78, 5) is 15.8. The van der Waals surface area contributed by atoms with Gasteiger partial charge in [-0.1, -0.05) is 232 Å². The Labute approximate surface area is 325 Å². The summed E-state index contributed by atoms with van der Waals surface area (Å²) >= 11 is 0. The molecule has 0 aliphatic rings. The minimum absolute atomic E-state index is 0.00507. The van der Waals surface area contributed by atoms with Gasteiger partial charge in [0.15, 0.2) is 0 Å². The fourth-order valence-corrected chi connectivity index (χ4v) is 9.65. The molecule has 0 fully saturated rings. The molecule has 0 aliphatic carbocycles. The van der Waals surface area contributed by atoms with Gasteiger partial charge in [0, 0.05) is 10.8 Å². The van der Waals surface area contributed by atoms with E-state index in [4.69, 9.17) is 9.78 Å². The van der Waals surface area contributed by atoms with E-state index in [0.717, 1.165) is 25.7 Å². The predicted octanol–water partition coefficient (Wildman–Crippen LogP) is 17.0. The van der Waals surface area contributed by atoms with Crippen LogP contribution in [0.2, 0.25) is 0 Å². The van der Waals surface area contributed by atoms with Gasteiger partial charge in [-0.05, 0) is 62.5 Å². The van der Waals surface area contributed by atoms with Crippen LogP contribution in [0.3, 0.4) is 0 Å². The van der Waals surface area contributed by atoms with Crippen molar-refractivity contribution < 1.29 is 9.78 Å². The first-order valence-electron chi connectivity index (χ1n) is 22.9. The van der Waals surface area contributed by atoms with Crippen LogP contribution >= 0.6 is 0 Å². The van der Waals surface area contributed by atoms with Crippen molar-refractivity contribution in [2.75, 3.05) is 0 Å². The van der Waals surface area contributed by atoms with E-state index in [1.165, 1.54) is 152 Å². The molecule has 298 valence electrons. The second kappa shape index (κ2) is 26.2. The van der Waals surface area contributed by atoms with Crippen molar-refractivity contribution in [3.05, 3.63) is 71.8 Å². The zero-order chi connectivity index (χ0) is 38.0. The maximum atomic E-state index is 7.92. The van der Waals surface area contributed by atoms with Crippen molar-refractivity contribution in [1.29, 1.82) is 0 Å². The van der Waals surface area contributed by atoms with E-state index < -0.39 is 11.2 Å². The van der Waals surface area contributed by atoms with E-state index in [9.17, 15) is 0 Å². The van der Waals surface area contributed by atoms with Gasteiger partial charge in [0.25, 0.3) is 0 Å². The molecule has 2 aromatic carbocycles. The summed E-state index contributed by atoms with van der Waals surface area (Å²) < 4.78 is 0. The van der Waals surface area contributed by atoms with Crippen molar-refractivity contribution in [2.24, 2.45) is 10.8 Å². The molecule has 0 heterocycles. The molecule has 52 heavy (non-hydrogen) atoms. The molecule has 2 rings (SSSR count). The summed E-state index contributed by atoms with van der Waals surface area (Å²) in [7, 11) is 0. The van der Waals surface area contributed by atoms with Gasteiger partial charge in [-0.2, -0.15) is 0 Å². The van der Waals surface area contributed by atoms with Gasteiger partial charge < -0.3 is 0 Å². The highest BCUT2D eigenvalue weighted by molar-refractivity contribution is 5.28. The molecule has 2 unspecified atom stereocenters. The molecule has 2 heteroatoms. The molecule has 0 saturated carbocycles. The SMILES string of the molecule is CCCCCC(OOC(CCCCC)(c1ccccc1)C(CCCC)(CCCC)CCCC)(c1ccccc1)C(CCCC)(CCCC)CCCC. The van der Waals surface area contributed by atoms with Crippen molar-refractivity contribution in [2.45, 2.75) is 234 Å². The van der Waals surface area contributed by atoms with Crippen molar-refractivity contribution >= 4 is 0 Å². The maximum Gasteiger partial charge on any atom is 0.134 e. The minimum atomic E-state index is -0.528. The van der Waals surface area contributed by atoms with E-state index in [2.05, 4.69) is 116 Å². The van der Waals surface area contributed by atoms with Crippen LogP contribution in [0.25, 0.3) is 0 Å². The van der Waals surface area contributed by atoms with Crippen LogP contribution in [0.1, 0.15) is 233 Å². The van der Waals surface area contributed by atoms with Crippen LogP contribution in [-0.2, 0) is 21.0 Å². The second-order valence-electron chi connectivity index (χ2n) is 16.6. The van der Waals surface area contributed by atoms with E-state index >= 15 is 0 Å². The predicted molar refractivity (Wildman–Crippen MR) is 229 cm³/mol. The molecule has 2 aromatic rings. The first-order chi connectivity index (χ1) is 25.4. The lowest BCUT2D eigenvalue weighted by molar-refractivity contribution is -0.467. The van der Waals surface area contributed by atoms with Crippen LogP contribution < -0.4 is 0 Å². The van der Waals surface area contributed by atoms with Crippen molar-refractivity contribution in [3.8, 4) is 0 Å². The first kappa shape index (κ1) is 46.5. The van der Waals surface area contributed by atoms with Gasteiger partial charge in [0.05, 0.1) is 0 Å². The van der Waals surface area contributed by atoms with Crippen LogP contribution in [0.15, 0.2) is 60.7 Å². The fourth-order valence-electron chi connectivity index (χ4n) is 9.65. The van der Waals surface area contributed by atoms with E-state index in [0.29, 0.717) is 0 Å². The molecule has 0 aromatic heterocycles. The van der Waals surface area contributed by atoms with Crippen LogP contribution in [0.4, 0.5) is 0 Å². The Morgan fingerprint density at radius 3 is 0.788 bits per heavy atom. The van der Waals surface area contributed by atoms with Crippen LogP contribution in [0, 0.1) is 10.8 Å². The fraction of sp³-hybridized carbons (Fsp3) is 0.760.